The zero-order valence-corrected chi connectivity index (χ0v) is 17.8. The summed E-state index contributed by atoms with van der Waals surface area (Å²) in [5, 5.41) is 3.25. The Bertz CT molecular complexity index is 907. The Morgan fingerprint density at radius 1 is 1.07 bits per heavy atom. The number of para-hydroxylation sites is 1. The number of anilines is 1. The van der Waals surface area contributed by atoms with Crippen LogP contribution in [0.15, 0.2) is 22.6 Å². The van der Waals surface area contributed by atoms with Crippen molar-refractivity contribution in [2.24, 2.45) is 0 Å². The van der Waals surface area contributed by atoms with Gasteiger partial charge in [-0.1, -0.05) is 6.07 Å². The van der Waals surface area contributed by atoms with Gasteiger partial charge in [-0.15, -0.1) is 0 Å². The topological polar surface area (TPSA) is 80.1 Å². The van der Waals surface area contributed by atoms with Gasteiger partial charge in [0.1, 0.15) is 5.52 Å². The number of likely N-dealkylation sites (N-methyl/N-ethyl adjacent to an activating group) is 1. The molecule has 4 heterocycles. The molecule has 4 atom stereocenters. The molecule has 2 unspecified atom stereocenters. The van der Waals surface area contributed by atoms with Crippen molar-refractivity contribution in [3.8, 4) is 0 Å². The maximum atomic E-state index is 13.2. The van der Waals surface area contributed by atoms with Crippen molar-refractivity contribution >= 4 is 23.0 Å². The lowest BCUT2D eigenvalue weighted by molar-refractivity contribution is -0.0670. The molecule has 2 bridgehead atoms. The zero-order valence-electron chi connectivity index (χ0n) is 17.8. The molecule has 8 heteroatoms. The fourth-order valence-electron chi connectivity index (χ4n) is 5.09. The molecule has 1 aromatic heterocycles. The standard InChI is InChI=1S/C22H30N4O4/c1-13-9-28-10-14(2)26(13)22-24-20-18(5-4-6-19(20)30-22)21(27)23-15-7-16-11-29-12-17(8-15)25(16)3/h4-6,13-17H,7-12H2,1-3H3,(H,23,27)/t13-,14-,15?,16?,17?/m0/s1. The zero-order chi connectivity index (χ0) is 20.8. The number of aromatic nitrogens is 1. The second-order valence-electron chi connectivity index (χ2n) is 8.94. The molecule has 1 aromatic carbocycles. The SMILES string of the molecule is C[C@H]1COC[C@H](C)N1c1nc2c(C(=O)NC3CC4COCC(C3)N4C)cccc2o1. The molecule has 0 aliphatic carbocycles. The summed E-state index contributed by atoms with van der Waals surface area (Å²) >= 11 is 0. The van der Waals surface area contributed by atoms with E-state index in [0.29, 0.717) is 48.0 Å². The van der Waals surface area contributed by atoms with Gasteiger partial charge in [0.05, 0.1) is 44.1 Å². The van der Waals surface area contributed by atoms with Gasteiger partial charge in [-0.25, -0.2) is 0 Å². The Balaban J connectivity index is 1.38. The molecule has 162 valence electrons. The molecule has 3 saturated heterocycles. The minimum absolute atomic E-state index is 0.0860. The number of carbonyl (C=O) groups excluding carboxylic acids is 1. The number of rotatable bonds is 3. The number of nitrogens with zero attached hydrogens (tertiary/aromatic N) is 3. The van der Waals surface area contributed by atoms with Crippen molar-refractivity contribution in [3.05, 3.63) is 23.8 Å². The Labute approximate surface area is 176 Å². The van der Waals surface area contributed by atoms with Gasteiger partial charge in [0.25, 0.3) is 11.9 Å². The Morgan fingerprint density at radius 2 is 1.73 bits per heavy atom. The molecule has 1 amide bonds. The first-order chi connectivity index (χ1) is 14.5. The normalized spacial score (nSPS) is 32.4. The summed E-state index contributed by atoms with van der Waals surface area (Å²) in [6, 6.07) is 7.32. The highest BCUT2D eigenvalue weighted by atomic mass is 16.5. The van der Waals surface area contributed by atoms with Crippen LogP contribution in [0.3, 0.4) is 0 Å². The van der Waals surface area contributed by atoms with Crippen LogP contribution in [0.1, 0.15) is 37.0 Å². The second-order valence-corrected chi connectivity index (χ2v) is 8.94. The molecular formula is C22H30N4O4. The molecule has 3 aliphatic rings. The van der Waals surface area contributed by atoms with Gasteiger partial charge in [-0.3, -0.25) is 9.69 Å². The minimum atomic E-state index is -0.0860. The lowest BCUT2D eigenvalue weighted by Crippen LogP contribution is -2.59. The van der Waals surface area contributed by atoms with E-state index in [1.54, 1.807) is 0 Å². The van der Waals surface area contributed by atoms with Gasteiger partial charge in [-0.05, 0) is 45.9 Å². The number of hydrogen-bond donors (Lipinski definition) is 1. The van der Waals surface area contributed by atoms with E-state index < -0.39 is 0 Å². The van der Waals surface area contributed by atoms with Gasteiger partial charge in [-0.2, -0.15) is 4.98 Å². The molecule has 0 saturated carbocycles. The summed E-state index contributed by atoms with van der Waals surface area (Å²) in [4.78, 5) is 22.4. The maximum absolute atomic E-state index is 13.2. The van der Waals surface area contributed by atoms with Crippen molar-refractivity contribution in [3.63, 3.8) is 0 Å². The molecule has 0 spiro atoms. The van der Waals surface area contributed by atoms with Crippen LogP contribution in [-0.2, 0) is 9.47 Å². The number of oxazole rings is 1. The van der Waals surface area contributed by atoms with Crippen LogP contribution < -0.4 is 10.2 Å². The van der Waals surface area contributed by atoms with Crippen molar-refractivity contribution in [1.29, 1.82) is 0 Å². The summed E-state index contributed by atoms with van der Waals surface area (Å²) in [5.41, 5.74) is 1.82. The van der Waals surface area contributed by atoms with E-state index >= 15 is 0 Å². The van der Waals surface area contributed by atoms with Gasteiger partial charge in [0.2, 0.25) is 0 Å². The number of nitrogens with one attached hydrogen (secondary N) is 1. The largest absolute Gasteiger partial charge is 0.423 e. The van der Waals surface area contributed by atoms with E-state index in [1.165, 1.54) is 0 Å². The lowest BCUT2D eigenvalue weighted by Gasteiger charge is -2.46. The fraction of sp³-hybridized carbons (Fsp3) is 0.636. The molecule has 30 heavy (non-hydrogen) atoms. The molecule has 8 nitrogen and oxygen atoms in total. The predicted octanol–water partition coefficient (Wildman–Crippen LogP) is 2.03. The predicted molar refractivity (Wildman–Crippen MR) is 113 cm³/mol. The van der Waals surface area contributed by atoms with E-state index in [0.717, 1.165) is 26.1 Å². The van der Waals surface area contributed by atoms with Crippen LogP contribution in [0.5, 0.6) is 0 Å². The van der Waals surface area contributed by atoms with Crippen LogP contribution in [0.2, 0.25) is 0 Å². The lowest BCUT2D eigenvalue weighted by atomic mass is 9.90. The second kappa shape index (κ2) is 7.83. The number of benzene rings is 1. The van der Waals surface area contributed by atoms with Crippen LogP contribution in [0.25, 0.3) is 11.1 Å². The van der Waals surface area contributed by atoms with Crippen LogP contribution >= 0.6 is 0 Å². The quantitative estimate of drug-likeness (QED) is 0.823. The Morgan fingerprint density at radius 3 is 2.43 bits per heavy atom. The summed E-state index contributed by atoms with van der Waals surface area (Å²) in [6.45, 7) is 6.93. The van der Waals surface area contributed by atoms with Crippen LogP contribution in [-0.4, -0.2) is 79.5 Å². The van der Waals surface area contributed by atoms with E-state index in [1.807, 2.05) is 18.2 Å². The van der Waals surface area contributed by atoms with Gasteiger partial charge in [0, 0.05) is 18.1 Å². The molecule has 1 N–H and O–H groups in total. The monoisotopic (exact) mass is 414 g/mol. The highest BCUT2D eigenvalue weighted by molar-refractivity contribution is 6.04. The van der Waals surface area contributed by atoms with Crippen molar-refractivity contribution in [2.45, 2.75) is 56.9 Å². The fourth-order valence-corrected chi connectivity index (χ4v) is 5.09. The summed E-state index contributed by atoms with van der Waals surface area (Å²) in [5.74, 6) is -0.0860. The first-order valence-electron chi connectivity index (χ1n) is 10.9. The molecule has 5 rings (SSSR count). The third-order valence-electron chi connectivity index (χ3n) is 6.76. The number of carbonyl (C=O) groups is 1. The molecule has 3 aliphatic heterocycles. The van der Waals surface area contributed by atoms with Crippen LogP contribution in [0.4, 0.5) is 6.01 Å². The van der Waals surface area contributed by atoms with Gasteiger partial charge >= 0.3 is 0 Å². The molecule has 3 fully saturated rings. The van der Waals surface area contributed by atoms with Gasteiger partial charge < -0.3 is 24.1 Å². The summed E-state index contributed by atoms with van der Waals surface area (Å²) < 4.78 is 17.4. The average molecular weight is 415 g/mol. The number of fused-ring (bicyclic) bond motifs is 3. The molecular weight excluding hydrogens is 384 g/mol. The van der Waals surface area contributed by atoms with E-state index in [4.69, 9.17) is 18.9 Å². The first-order valence-corrected chi connectivity index (χ1v) is 10.9. The van der Waals surface area contributed by atoms with Crippen molar-refractivity contribution in [1.82, 2.24) is 15.2 Å². The Hall–Kier alpha value is -2.16. The van der Waals surface area contributed by atoms with E-state index in [2.05, 4.69) is 36.0 Å². The highest BCUT2D eigenvalue weighted by Crippen LogP contribution is 2.30. The number of ether oxygens (including phenoxy) is 2. The number of amides is 1. The third kappa shape index (κ3) is 3.46. The number of morpholine rings is 2. The molecule has 2 aromatic rings. The van der Waals surface area contributed by atoms with Crippen molar-refractivity contribution in [2.75, 3.05) is 38.4 Å². The van der Waals surface area contributed by atoms with Crippen molar-refractivity contribution < 1.29 is 18.7 Å². The third-order valence-corrected chi connectivity index (χ3v) is 6.76. The summed E-state index contributed by atoms with van der Waals surface area (Å²) in [6.07, 6.45) is 1.81. The van der Waals surface area contributed by atoms with E-state index in [9.17, 15) is 4.79 Å². The average Bonchev–Trinajstić information content (AvgIpc) is 3.12. The van der Waals surface area contributed by atoms with Crippen LogP contribution in [0, 0.1) is 0 Å². The maximum Gasteiger partial charge on any atom is 0.299 e. The minimum Gasteiger partial charge on any atom is -0.423 e. The first kappa shape index (κ1) is 19.8. The molecule has 0 radical (unpaired) electrons. The Kier molecular flexibility index (Phi) is 5.16. The number of piperidine rings is 1. The highest BCUT2D eigenvalue weighted by Gasteiger charge is 2.37. The summed E-state index contributed by atoms with van der Waals surface area (Å²) in [7, 11) is 2.15. The number of hydrogen-bond acceptors (Lipinski definition) is 7. The smallest absolute Gasteiger partial charge is 0.299 e. The van der Waals surface area contributed by atoms with E-state index in [-0.39, 0.29) is 24.0 Å². The van der Waals surface area contributed by atoms with Gasteiger partial charge in [0.15, 0.2) is 5.58 Å².